The van der Waals surface area contributed by atoms with Crippen LogP contribution in [0.5, 0.6) is 0 Å². The maximum Gasteiger partial charge on any atom is 0.230 e. The van der Waals surface area contributed by atoms with E-state index in [1.54, 1.807) is 31.4 Å². The lowest BCUT2D eigenvalue weighted by Crippen LogP contribution is -2.05. The van der Waals surface area contributed by atoms with E-state index in [9.17, 15) is 4.79 Å². The van der Waals surface area contributed by atoms with Crippen LogP contribution in [0.4, 0.5) is 5.69 Å². The fourth-order valence-corrected chi connectivity index (χ4v) is 1.73. The zero-order valence-corrected chi connectivity index (χ0v) is 10.4. The smallest absolute Gasteiger partial charge is 0.230 e. The van der Waals surface area contributed by atoms with Crippen molar-refractivity contribution in [3.8, 4) is 0 Å². The molecule has 0 fully saturated rings. The van der Waals surface area contributed by atoms with Gasteiger partial charge in [0.05, 0.1) is 0 Å². The van der Waals surface area contributed by atoms with Crippen LogP contribution in [0.15, 0.2) is 34.7 Å². The van der Waals surface area contributed by atoms with Gasteiger partial charge in [0, 0.05) is 18.4 Å². The number of furan rings is 1. The van der Waals surface area contributed by atoms with Crippen LogP contribution in [0, 0.1) is 6.92 Å². The molecule has 1 aromatic heterocycles. The van der Waals surface area contributed by atoms with Gasteiger partial charge in [0.2, 0.25) is 5.78 Å². The SMILES string of the molecule is COCc1ccc(C(=O)c2cccc(C)c2N)o1. The second-order valence-corrected chi connectivity index (χ2v) is 4.06. The first-order valence-electron chi connectivity index (χ1n) is 5.61. The van der Waals surface area contributed by atoms with Gasteiger partial charge < -0.3 is 14.9 Å². The number of carbonyl (C=O) groups excluding carboxylic acids is 1. The fourth-order valence-electron chi connectivity index (χ4n) is 1.73. The number of aryl methyl sites for hydroxylation is 1. The Bertz CT molecular complexity index is 572. The van der Waals surface area contributed by atoms with Crippen LogP contribution in [-0.4, -0.2) is 12.9 Å². The van der Waals surface area contributed by atoms with Crippen molar-refractivity contribution in [1.29, 1.82) is 0 Å². The number of para-hydroxylation sites is 1. The van der Waals surface area contributed by atoms with E-state index in [1.807, 2.05) is 13.0 Å². The molecule has 18 heavy (non-hydrogen) atoms. The van der Waals surface area contributed by atoms with Gasteiger partial charge in [0.1, 0.15) is 12.4 Å². The van der Waals surface area contributed by atoms with Crippen LogP contribution >= 0.6 is 0 Å². The third-order valence-electron chi connectivity index (χ3n) is 2.74. The average molecular weight is 245 g/mol. The minimum atomic E-state index is -0.210. The van der Waals surface area contributed by atoms with Crippen LogP contribution in [0.2, 0.25) is 0 Å². The Hall–Kier alpha value is -2.07. The van der Waals surface area contributed by atoms with E-state index >= 15 is 0 Å². The summed E-state index contributed by atoms with van der Waals surface area (Å²) >= 11 is 0. The second kappa shape index (κ2) is 5.06. The molecule has 0 spiro atoms. The molecule has 1 aromatic carbocycles. The lowest BCUT2D eigenvalue weighted by atomic mass is 10.0. The Labute approximate surface area is 105 Å². The first-order chi connectivity index (χ1) is 8.63. The van der Waals surface area contributed by atoms with Crippen molar-refractivity contribution in [3.63, 3.8) is 0 Å². The van der Waals surface area contributed by atoms with E-state index in [0.29, 0.717) is 23.6 Å². The number of carbonyl (C=O) groups is 1. The molecule has 0 aliphatic heterocycles. The minimum absolute atomic E-state index is 0.210. The van der Waals surface area contributed by atoms with Gasteiger partial charge in [0.15, 0.2) is 5.76 Å². The van der Waals surface area contributed by atoms with Gasteiger partial charge in [-0.3, -0.25) is 4.79 Å². The van der Waals surface area contributed by atoms with Crippen LogP contribution in [0.3, 0.4) is 0 Å². The number of hydrogen-bond acceptors (Lipinski definition) is 4. The quantitative estimate of drug-likeness (QED) is 0.664. The molecule has 0 amide bonds. The molecule has 0 saturated carbocycles. The van der Waals surface area contributed by atoms with E-state index in [4.69, 9.17) is 14.9 Å². The third kappa shape index (κ3) is 2.28. The Morgan fingerprint density at radius 3 is 2.83 bits per heavy atom. The van der Waals surface area contributed by atoms with Crippen LogP contribution < -0.4 is 5.73 Å². The number of ether oxygens (including phenoxy) is 1. The summed E-state index contributed by atoms with van der Waals surface area (Å²) in [5.41, 5.74) is 7.74. The van der Waals surface area contributed by atoms with Gasteiger partial charge in [-0.2, -0.15) is 0 Å². The Morgan fingerprint density at radius 1 is 1.33 bits per heavy atom. The summed E-state index contributed by atoms with van der Waals surface area (Å²) in [6.45, 7) is 2.21. The number of anilines is 1. The standard InChI is InChI=1S/C14H15NO3/c1-9-4-3-5-11(13(9)15)14(16)12-7-6-10(18-12)8-17-2/h3-7H,8,15H2,1-2H3. The highest BCUT2D eigenvalue weighted by atomic mass is 16.5. The first kappa shape index (κ1) is 12.4. The predicted molar refractivity (Wildman–Crippen MR) is 68.4 cm³/mol. The lowest BCUT2D eigenvalue weighted by Gasteiger charge is -2.05. The topological polar surface area (TPSA) is 65.5 Å². The molecule has 1 heterocycles. The fraction of sp³-hybridized carbons (Fsp3) is 0.214. The number of ketones is 1. The Kier molecular flexibility index (Phi) is 3.48. The molecule has 0 unspecified atom stereocenters. The summed E-state index contributed by atoms with van der Waals surface area (Å²) in [7, 11) is 1.57. The zero-order chi connectivity index (χ0) is 13.1. The van der Waals surface area contributed by atoms with Crippen molar-refractivity contribution in [3.05, 3.63) is 53.0 Å². The minimum Gasteiger partial charge on any atom is -0.455 e. The predicted octanol–water partition coefficient (Wildman–Crippen LogP) is 2.55. The number of rotatable bonds is 4. The Morgan fingerprint density at radius 2 is 2.11 bits per heavy atom. The molecular weight excluding hydrogens is 230 g/mol. The summed E-state index contributed by atoms with van der Waals surface area (Å²) in [4.78, 5) is 12.2. The average Bonchev–Trinajstić information content (AvgIpc) is 2.81. The van der Waals surface area contributed by atoms with Gasteiger partial charge in [-0.15, -0.1) is 0 Å². The van der Waals surface area contributed by atoms with Crippen molar-refractivity contribution in [2.75, 3.05) is 12.8 Å². The molecule has 2 N–H and O–H groups in total. The van der Waals surface area contributed by atoms with Crippen molar-refractivity contribution < 1.29 is 13.9 Å². The molecule has 0 saturated heterocycles. The monoisotopic (exact) mass is 245 g/mol. The summed E-state index contributed by atoms with van der Waals surface area (Å²) < 4.78 is 10.3. The van der Waals surface area contributed by atoms with Gasteiger partial charge >= 0.3 is 0 Å². The number of nitrogens with two attached hydrogens (primary N) is 1. The van der Waals surface area contributed by atoms with Crippen LogP contribution in [0.25, 0.3) is 0 Å². The number of hydrogen-bond donors (Lipinski definition) is 1. The molecule has 0 atom stereocenters. The first-order valence-corrected chi connectivity index (χ1v) is 5.61. The maximum atomic E-state index is 12.2. The number of methoxy groups -OCH3 is 1. The summed E-state index contributed by atoms with van der Waals surface area (Å²) in [5, 5.41) is 0. The maximum absolute atomic E-state index is 12.2. The number of benzene rings is 1. The van der Waals surface area contributed by atoms with E-state index in [1.165, 1.54) is 0 Å². The molecular formula is C14H15NO3. The van der Waals surface area contributed by atoms with Crippen molar-refractivity contribution >= 4 is 11.5 Å². The molecule has 2 rings (SSSR count). The molecule has 0 radical (unpaired) electrons. The zero-order valence-electron chi connectivity index (χ0n) is 10.4. The van der Waals surface area contributed by atoms with E-state index in [2.05, 4.69) is 0 Å². The second-order valence-electron chi connectivity index (χ2n) is 4.06. The lowest BCUT2D eigenvalue weighted by molar-refractivity contribution is 0.100. The highest BCUT2D eigenvalue weighted by molar-refractivity contribution is 6.10. The van der Waals surface area contributed by atoms with E-state index in [0.717, 1.165) is 5.56 Å². The van der Waals surface area contributed by atoms with Crippen molar-refractivity contribution in [2.45, 2.75) is 13.5 Å². The van der Waals surface area contributed by atoms with E-state index in [-0.39, 0.29) is 11.5 Å². The number of nitrogen functional groups attached to an aromatic ring is 1. The third-order valence-corrected chi connectivity index (χ3v) is 2.74. The molecule has 94 valence electrons. The van der Waals surface area contributed by atoms with Gasteiger partial charge in [-0.25, -0.2) is 0 Å². The molecule has 0 aliphatic carbocycles. The largest absolute Gasteiger partial charge is 0.455 e. The molecule has 4 nitrogen and oxygen atoms in total. The highest BCUT2D eigenvalue weighted by Crippen LogP contribution is 2.21. The van der Waals surface area contributed by atoms with Crippen molar-refractivity contribution in [2.24, 2.45) is 0 Å². The summed E-state index contributed by atoms with van der Waals surface area (Å²) in [6.07, 6.45) is 0. The molecule has 0 bridgehead atoms. The summed E-state index contributed by atoms with van der Waals surface area (Å²) in [6, 6.07) is 8.73. The van der Waals surface area contributed by atoms with Gasteiger partial charge in [-0.05, 0) is 30.7 Å². The molecule has 0 aliphatic rings. The van der Waals surface area contributed by atoms with Crippen molar-refractivity contribution in [1.82, 2.24) is 0 Å². The normalized spacial score (nSPS) is 10.6. The highest BCUT2D eigenvalue weighted by Gasteiger charge is 2.16. The van der Waals surface area contributed by atoms with Crippen LogP contribution in [-0.2, 0) is 11.3 Å². The molecule has 2 aromatic rings. The van der Waals surface area contributed by atoms with Gasteiger partial charge in [0.25, 0.3) is 0 Å². The summed E-state index contributed by atoms with van der Waals surface area (Å²) in [5.74, 6) is 0.685. The van der Waals surface area contributed by atoms with Gasteiger partial charge in [-0.1, -0.05) is 12.1 Å². The Balaban J connectivity index is 2.32. The molecule has 4 heteroatoms. The van der Waals surface area contributed by atoms with Crippen LogP contribution in [0.1, 0.15) is 27.4 Å². The van der Waals surface area contributed by atoms with E-state index < -0.39 is 0 Å².